The number of furan rings is 1. The fourth-order valence-corrected chi connectivity index (χ4v) is 1.64. The second-order valence-electron chi connectivity index (χ2n) is 4.33. The number of nitrogens with one attached hydrogen (secondary N) is 1. The van der Waals surface area contributed by atoms with Gasteiger partial charge in [-0.15, -0.1) is 0 Å². The summed E-state index contributed by atoms with van der Waals surface area (Å²) in [5, 5.41) is 2.80. The zero-order valence-corrected chi connectivity index (χ0v) is 10.7. The van der Waals surface area contributed by atoms with Crippen LogP contribution in [0.1, 0.15) is 16.1 Å². The SMILES string of the molecule is Cc1ccoc1C(=O)Nc1ccc(N(C)C)cc1. The van der Waals surface area contributed by atoms with E-state index in [0.29, 0.717) is 5.76 Å². The highest BCUT2D eigenvalue weighted by Gasteiger charge is 2.12. The topological polar surface area (TPSA) is 45.5 Å². The highest BCUT2D eigenvalue weighted by molar-refractivity contribution is 6.03. The molecular weight excluding hydrogens is 228 g/mol. The number of aryl methyl sites for hydroxylation is 1. The van der Waals surface area contributed by atoms with E-state index in [4.69, 9.17) is 4.42 Å². The number of rotatable bonds is 3. The Hall–Kier alpha value is -2.23. The molecule has 0 atom stereocenters. The molecule has 1 amide bonds. The number of benzene rings is 1. The maximum Gasteiger partial charge on any atom is 0.291 e. The van der Waals surface area contributed by atoms with E-state index in [1.807, 2.05) is 50.2 Å². The predicted molar refractivity (Wildman–Crippen MR) is 72.2 cm³/mol. The summed E-state index contributed by atoms with van der Waals surface area (Å²) in [5.74, 6) is 0.127. The van der Waals surface area contributed by atoms with E-state index >= 15 is 0 Å². The quantitative estimate of drug-likeness (QED) is 0.903. The molecule has 0 bridgehead atoms. The second-order valence-corrected chi connectivity index (χ2v) is 4.33. The van der Waals surface area contributed by atoms with Gasteiger partial charge in [-0.1, -0.05) is 0 Å². The van der Waals surface area contributed by atoms with Crippen LogP contribution in [0.2, 0.25) is 0 Å². The molecule has 1 N–H and O–H groups in total. The Balaban J connectivity index is 2.10. The van der Waals surface area contributed by atoms with E-state index in [1.54, 1.807) is 6.07 Å². The van der Waals surface area contributed by atoms with Gasteiger partial charge >= 0.3 is 0 Å². The third-order valence-electron chi connectivity index (χ3n) is 2.71. The van der Waals surface area contributed by atoms with E-state index in [9.17, 15) is 4.79 Å². The Labute approximate surface area is 106 Å². The lowest BCUT2D eigenvalue weighted by Crippen LogP contribution is -2.12. The Bertz CT molecular complexity index is 541. The predicted octanol–water partition coefficient (Wildman–Crippen LogP) is 2.91. The molecule has 18 heavy (non-hydrogen) atoms. The van der Waals surface area contributed by atoms with Gasteiger partial charge in [0.2, 0.25) is 0 Å². The van der Waals surface area contributed by atoms with Gasteiger partial charge in [-0.25, -0.2) is 0 Å². The van der Waals surface area contributed by atoms with Gasteiger partial charge in [0.05, 0.1) is 6.26 Å². The number of nitrogens with zero attached hydrogens (tertiary/aromatic N) is 1. The zero-order chi connectivity index (χ0) is 13.1. The molecular formula is C14H16N2O2. The fraction of sp³-hybridized carbons (Fsp3) is 0.214. The molecule has 0 spiro atoms. The van der Waals surface area contributed by atoms with E-state index in [2.05, 4.69) is 5.32 Å². The van der Waals surface area contributed by atoms with Crippen LogP contribution in [-0.2, 0) is 0 Å². The Morgan fingerprint density at radius 1 is 1.17 bits per heavy atom. The largest absolute Gasteiger partial charge is 0.459 e. The normalized spacial score (nSPS) is 10.2. The molecule has 4 heteroatoms. The molecule has 0 saturated heterocycles. The lowest BCUT2D eigenvalue weighted by Gasteiger charge is -2.12. The van der Waals surface area contributed by atoms with Crippen LogP contribution < -0.4 is 10.2 Å². The monoisotopic (exact) mass is 244 g/mol. The van der Waals surface area contributed by atoms with Gasteiger partial charge in [-0.05, 0) is 37.3 Å². The van der Waals surface area contributed by atoms with Crippen molar-refractivity contribution in [2.75, 3.05) is 24.3 Å². The summed E-state index contributed by atoms with van der Waals surface area (Å²) in [7, 11) is 3.94. The summed E-state index contributed by atoms with van der Waals surface area (Å²) in [5.41, 5.74) is 2.67. The molecule has 0 fully saturated rings. The van der Waals surface area contributed by atoms with Gasteiger partial charge < -0.3 is 14.6 Å². The first kappa shape index (κ1) is 12.2. The van der Waals surface area contributed by atoms with Crippen LogP contribution in [0.15, 0.2) is 41.0 Å². The molecule has 0 aliphatic heterocycles. The van der Waals surface area contributed by atoms with E-state index < -0.39 is 0 Å². The summed E-state index contributed by atoms with van der Waals surface area (Å²) in [4.78, 5) is 13.9. The molecule has 1 heterocycles. The van der Waals surface area contributed by atoms with E-state index in [0.717, 1.165) is 16.9 Å². The summed E-state index contributed by atoms with van der Waals surface area (Å²) in [6.45, 7) is 1.84. The Morgan fingerprint density at radius 2 is 1.83 bits per heavy atom. The molecule has 1 aromatic heterocycles. The van der Waals surface area contributed by atoms with Gasteiger partial charge in [0.1, 0.15) is 0 Å². The van der Waals surface area contributed by atoms with Crippen LogP contribution in [0.4, 0.5) is 11.4 Å². The van der Waals surface area contributed by atoms with Crippen molar-refractivity contribution < 1.29 is 9.21 Å². The fourth-order valence-electron chi connectivity index (χ4n) is 1.64. The standard InChI is InChI=1S/C14H16N2O2/c1-10-8-9-18-13(10)14(17)15-11-4-6-12(7-5-11)16(2)3/h4-9H,1-3H3,(H,15,17). The molecule has 0 radical (unpaired) electrons. The summed E-state index contributed by atoms with van der Waals surface area (Å²) in [6.07, 6.45) is 1.51. The van der Waals surface area contributed by atoms with Crippen LogP contribution in [0.3, 0.4) is 0 Å². The summed E-state index contributed by atoms with van der Waals surface area (Å²) < 4.78 is 5.14. The number of carbonyl (C=O) groups excluding carboxylic acids is 1. The van der Waals surface area contributed by atoms with Crippen molar-refractivity contribution in [2.24, 2.45) is 0 Å². The van der Waals surface area contributed by atoms with Crippen LogP contribution in [0, 0.1) is 6.92 Å². The van der Waals surface area contributed by atoms with Crippen LogP contribution >= 0.6 is 0 Å². The highest BCUT2D eigenvalue weighted by atomic mass is 16.3. The minimum Gasteiger partial charge on any atom is -0.459 e. The maximum absolute atomic E-state index is 11.9. The van der Waals surface area contributed by atoms with Crippen molar-refractivity contribution in [2.45, 2.75) is 6.92 Å². The molecule has 1 aromatic carbocycles. The third-order valence-corrected chi connectivity index (χ3v) is 2.71. The van der Waals surface area contributed by atoms with Crippen molar-refractivity contribution in [3.63, 3.8) is 0 Å². The average molecular weight is 244 g/mol. The van der Waals surface area contributed by atoms with Gasteiger partial charge in [-0.3, -0.25) is 4.79 Å². The van der Waals surface area contributed by atoms with Gasteiger partial charge in [0.15, 0.2) is 5.76 Å². The van der Waals surface area contributed by atoms with E-state index in [1.165, 1.54) is 6.26 Å². The van der Waals surface area contributed by atoms with Gasteiger partial charge in [-0.2, -0.15) is 0 Å². The average Bonchev–Trinajstić information content (AvgIpc) is 2.76. The second kappa shape index (κ2) is 4.96. The molecule has 0 aliphatic rings. The maximum atomic E-state index is 11.9. The van der Waals surface area contributed by atoms with Crippen molar-refractivity contribution in [1.29, 1.82) is 0 Å². The van der Waals surface area contributed by atoms with Crippen LogP contribution in [0.25, 0.3) is 0 Å². The Kier molecular flexibility index (Phi) is 3.37. The first-order valence-corrected chi connectivity index (χ1v) is 5.71. The van der Waals surface area contributed by atoms with Crippen molar-refractivity contribution in [3.05, 3.63) is 47.9 Å². The summed E-state index contributed by atoms with van der Waals surface area (Å²) >= 11 is 0. The molecule has 2 aromatic rings. The lowest BCUT2D eigenvalue weighted by atomic mass is 10.2. The number of amides is 1. The van der Waals surface area contributed by atoms with E-state index in [-0.39, 0.29) is 5.91 Å². The number of hydrogen-bond acceptors (Lipinski definition) is 3. The third kappa shape index (κ3) is 2.53. The van der Waals surface area contributed by atoms with Crippen molar-refractivity contribution in [3.8, 4) is 0 Å². The lowest BCUT2D eigenvalue weighted by molar-refractivity contribution is 0.0996. The number of hydrogen-bond donors (Lipinski definition) is 1. The molecule has 0 aliphatic carbocycles. The minimum atomic E-state index is -0.227. The minimum absolute atomic E-state index is 0.227. The smallest absolute Gasteiger partial charge is 0.291 e. The molecule has 0 unspecified atom stereocenters. The summed E-state index contributed by atoms with van der Waals surface area (Å²) in [6, 6.07) is 9.40. The molecule has 94 valence electrons. The number of carbonyl (C=O) groups is 1. The van der Waals surface area contributed by atoms with Gasteiger partial charge in [0, 0.05) is 31.0 Å². The first-order valence-electron chi connectivity index (χ1n) is 5.71. The molecule has 2 rings (SSSR count). The van der Waals surface area contributed by atoms with Crippen molar-refractivity contribution >= 4 is 17.3 Å². The Morgan fingerprint density at radius 3 is 2.33 bits per heavy atom. The zero-order valence-electron chi connectivity index (χ0n) is 10.7. The first-order chi connectivity index (χ1) is 8.58. The molecule has 4 nitrogen and oxygen atoms in total. The molecule has 0 saturated carbocycles. The van der Waals surface area contributed by atoms with Crippen LogP contribution in [0.5, 0.6) is 0 Å². The van der Waals surface area contributed by atoms with Crippen LogP contribution in [-0.4, -0.2) is 20.0 Å². The highest BCUT2D eigenvalue weighted by Crippen LogP contribution is 2.17. The van der Waals surface area contributed by atoms with Crippen molar-refractivity contribution in [1.82, 2.24) is 0 Å². The number of anilines is 2. The van der Waals surface area contributed by atoms with Gasteiger partial charge in [0.25, 0.3) is 5.91 Å².